The number of halogens is 3. The minimum atomic E-state index is -2.67. The van der Waals surface area contributed by atoms with Gasteiger partial charge in [0.25, 0.3) is 0 Å². The highest BCUT2D eigenvalue weighted by Gasteiger charge is 2.36. The van der Waals surface area contributed by atoms with Crippen LogP contribution in [0.1, 0.15) is 66.3 Å². The Morgan fingerprint density at radius 1 is 1.54 bits per heavy atom. The number of nitrogens with two attached hydrogens (primary N) is 1. The van der Waals surface area contributed by atoms with E-state index >= 15 is 0 Å². The first-order chi connectivity index (χ1) is 11.3. The third kappa shape index (κ3) is 3.88. The number of hydrogen-bond donors (Lipinski definition) is 1. The highest BCUT2D eigenvalue weighted by Crippen LogP contribution is 2.41. The third-order valence-corrected chi connectivity index (χ3v) is 4.22. The molecule has 1 heterocycles. The molecule has 2 N–H and O–H groups in total. The fourth-order valence-corrected chi connectivity index (χ4v) is 2.92. The molecule has 1 unspecified atom stereocenters. The van der Waals surface area contributed by atoms with Gasteiger partial charge in [0.05, 0.1) is 6.61 Å². The Bertz CT molecular complexity index is 625. The molecular formula is C17H21F3N2O2. The van der Waals surface area contributed by atoms with Crippen molar-refractivity contribution in [1.29, 1.82) is 0 Å². The van der Waals surface area contributed by atoms with Gasteiger partial charge in [-0.05, 0) is 25.8 Å². The van der Waals surface area contributed by atoms with Gasteiger partial charge in [-0.3, -0.25) is 0 Å². The van der Waals surface area contributed by atoms with Crippen molar-refractivity contribution in [2.75, 3.05) is 12.3 Å². The van der Waals surface area contributed by atoms with E-state index in [9.17, 15) is 18.0 Å². The summed E-state index contributed by atoms with van der Waals surface area (Å²) in [6.45, 7) is 5.12. The second-order valence-corrected chi connectivity index (χ2v) is 5.88. The van der Waals surface area contributed by atoms with E-state index in [-0.39, 0.29) is 55.2 Å². The summed E-state index contributed by atoms with van der Waals surface area (Å²) in [6, 6.07) is 1.42. The summed E-state index contributed by atoms with van der Waals surface area (Å²) in [7, 11) is 0. The van der Waals surface area contributed by atoms with Gasteiger partial charge in [0.15, 0.2) is 0 Å². The molecule has 4 nitrogen and oxygen atoms in total. The molecule has 132 valence electrons. The van der Waals surface area contributed by atoms with Gasteiger partial charge in [-0.2, -0.15) is 0 Å². The SMILES string of the molecule is C=CC(F)c1cc(C2CCC(F)(F)CC2)nc(N)c1C(=O)OCC. The van der Waals surface area contributed by atoms with E-state index in [0.29, 0.717) is 5.69 Å². The van der Waals surface area contributed by atoms with E-state index in [2.05, 4.69) is 11.6 Å². The zero-order chi connectivity index (χ0) is 17.9. The van der Waals surface area contributed by atoms with Crippen LogP contribution < -0.4 is 5.73 Å². The monoisotopic (exact) mass is 342 g/mol. The second-order valence-electron chi connectivity index (χ2n) is 5.88. The van der Waals surface area contributed by atoms with Gasteiger partial charge in [-0.1, -0.05) is 12.7 Å². The number of allylic oxidation sites excluding steroid dienone is 1. The lowest BCUT2D eigenvalue weighted by molar-refractivity contribution is -0.0384. The Hall–Kier alpha value is -2.05. The fraction of sp³-hybridized carbons (Fsp3) is 0.529. The maximum atomic E-state index is 14.2. The van der Waals surface area contributed by atoms with Crippen molar-refractivity contribution in [3.8, 4) is 0 Å². The summed E-state index contributed by atoms with van der Waals surface area (Å²) < 4.78 is 45.8. The molecule has 1 aliphatic carbocycles. The molecule has 0 amide bonds. The van der Waals surface area contributed by atoms with Crippen molar-refractivity contribution in [2.24, 2.45) is 0 Å². The molecule has 1 saturated carbocycles. The molecule has 1 aromatic rings. The van der Waals surface area contributed by atoms with Crippen molar-refractivity contribution >= 4 is 11.8 Å². The average Bonchev–Trinajstić information content (AvgIpc) is 2.53. The fourth-order valence-electron chi connectivity index (χ4n) is 2.92. The molecule has 1 aliphatic rings. The van der Waals surface area contributed by atoms with Gasteiger partial charge in [0, 0.05) is 30.0 Å². The molecule has 0 saturated heterocycles. The Labute approximate surface area is 138 Å². The summed E-state index contributed by atoms with van der Waals surface area (Å²) in [5.41, 5.74) is 6.16. The number of pyridine rings is 1. The molecule has 7 heteroatoms. The molecule has 0 bridgehead atoms. The number of anilines is 1. The van der Waals surface area contributed by atoms with Crippen molar-refractivity contribution in [2.45, 2.75) is 50.6 Å². The van der Waals surface area contributed by atoms with Gasteiger partial charge in [-0.15, -0.1) is 0 Å². The molecule has 0 spiro atoms. The van der Waals surface area contributed by atoms with Crippen LogP contribution in [0.2, 0.25) is 0 Å². The number of carbonyl (C=O) groups is 1. The molecule has 0 radical (unpaired) electrons. The average molecular weight is 342 g/mol. The normalized spacial score (nSPS) is 18.8. The molecule has 24 heavy (non-hydrogen) atoms. The standard InChI is InChI=1S/C17H21F3N2O2/c1-3-12(18)11-9-13(10-5-7-17(19,20)8-6-10)22-15(21)14(11)16(23)24-4-2/h3,9-10,12H,1,4-8H2,2H3,(H2,21,22). The minimum absolute atomic E-state index is 0.0169. The second kappa shape index (κ2) is 7.23. The van der Waals surface area contributed by atoms with E-state index in [1.54, 1.807) is 6.92 Å². The van der Waals surface area contributed by atoms with Crippen LogP contribution in [0.5, 0.6) is 0 Å². The van der Waals surface area contributed by atoms with E-state index < -0.39 is 18.1 Å². The molecular weight excluding hydrogens is 321 g/mol. The molecule has 0 aliphatic heterocycles. The highest BCUT2D eigenvalue weighted by atomic mass is 19.3. The Morgan fingerprint density at radius 2 is 2.17 bits per heavy atom. The number of nitrogen functional groups attached to an aromatic ring is 1. The van der Waals surface area contributed by atoms with Gasteiger partial charge in [0.2, 0.25) is 5.92 Å². The summed E-state index contributed by atoms with van der Waals surface area (Å²) in [6.07, 6.45) is -0.594. The van der Waals surface area contributed by atoms with Crippen LogP contribution in [0, 0.1) is 0 Å². The maximum absolute atomic E-state index is 14.2. The minimum Gasteiger partial charge on any atom is -0.462 e. The molecule has 2 rings (SSSR count). The topological polar surface area (TPSA) is 65.2 Å². The predicted molar refractivity (Wildman–Crippen MR) is 84.8 cm³/mol. The molecule has 1 fully saturated rings. The molecule has 1 atom stereocenters. The summed E-state index contributed by atoms with van der Waals surface area (Å²) in [5, 5.41) is 0. The van der Waals surface area contributed by atoms with Crippen molar-refractivity contribution < 1.29 is 22.7 Å². The number of hydrogen-bond acceptors (Lipinski definition) is 4. The van der Waals surface area contributed by atoms with Crippen molar-refractivity contribution in [3.05, 3.63) is 35.5 Å². The number of aromatic nitrogens is 1. The lowest BCUT2D eigenvalue weighted by atomic mass is 9.83. The van der Waals surface area contributed by atoms with Crippen LogP contribution in [0.3, 0.4) is 0 Å². The van der Waals surface area contributed by atoms with Crippen LogP contribution in [0.4, 0.5) is 19.0 Å². The van der Waals surface area contributed by atoms with Crippen molar-refractivity contribution in [1.82, 2.24) is 4.98 Å². The maximum Gasteiger partial charge on any atom is 0.342 e. The number of nitrogens with zero attached hydrogens (tertiary/aromatic N) is 1. The van der Waals surface area contributed by atoms with E-state index in [1.807, 2.05) is 0 Å². The largest absolute Gasteiger partial charge is 0.462 e. The van der Waals surface area contributed by atoms with E-state index in [0.717, 1.165) is 6.08 Å². The van der Waals surface area contributed by atoms with E-state index in [1.165, 1.54) is 6.07 Å². The first kappa shape index (κ1) is 18.3. The summed E-state index contributed by atoms with van der Waals surface area (Å²) >= 11 is 0. The van der Waals surface area contributed by atoms with Gasteiger partial charge >= 0.3 is 5.97 Å². The number of ether oxygens (including phenoxy) is 1. The lowest BCUT2D eigenvalue weighted by Crippen LogP contribution is -2.24. The Balaban J connectivity index is 2.40. The zero-order valence-corrected chi connectivity index (χ0v) is 13.5. The predicted octanol–water partition coefficient (Wildman–Crippen LogP) is 4.33. The van der Waals surface area contributed by atoms with Crippen LogP contribution in [0.25, 0.3) is 0 Å². The highest BCUT2D eigenvalue weighted by molar-refractivity contribution is 5.96. The first-order valence-electron chi connectivity index (χ1n) is 7.91. The smallest absolute Gasteiger partial charge is 0.342 e. The number of rotatable bonds is 5. The van der Waals surface area contributed by atoms with Crippen LogP contribution in [-0.4, -0.2) is 23.5 Å². The van der Waals surface area contributed by atoms with Gasteiger partial charge < -0.3 is 10.5 Å². The summed E-state index contributed by atoms with van der Waals surface area (Å²) in [5.74, 6) is -3.81. The zero-order valence-electron chi connectivity index (χ0n) is 13.5. The van der Waals surface area contributed by atoms with Gasteiger partial charge in [0.1, 0.15) is 17.6 Å². The summed E-state index contributed by atoms with van der Waals surface area (Å²) in [4.78, 5) is 16.2. The number of carbonyl (C=O) groups excluding carboxylic acids is 1. The number of esters is 1. The quantitative estimate of drug-likeness (QED) is 0.639. The van der Waals surface area contributed by atoms with Crippen LogP contribution >= 0.6 is 0 Å². The lowest BCUT2D eigenvalue weighted by Gasteiger charge is -2.28. The first-order valence-corrected chi connectivity index (χ1v) is 7.91. The third-order valence-electron chi connectivity index (χ3n) is 4.22. The van der Waals surface area contributed by atoms with E-state index in [4.69, 9.17) is 10.5 Å². The van der Waals surface area contributed by atoms with Crippen LogP contribution in [0.15, 0.2) is 18.7 Å². The number of alkyl halides is 3. The van der Waals surface area contributed by atoms with Crippen LogP contribution in [-0.2, 0) is 4.74 Å². The molecule has 1 aromatic heterocycles. The Morgan fingerprint density at radius 3 is 2.71 bits per heavy atom. The molecule has 0 aromatic carbocycles. The Kier molecular flexibility index (Phi) is 5.51. The van der Waals surface area contributed by atoms with Gasteiger partial charge in [-0.25, -0.2) is 22.9 Å². The van der Waals surface area contributed by atoms with Crippen molar-refractivity contribution in [3.63, 3.8) is 0 Å².